The Morgan fingerprint density at radius 1 is 0.885 bits per heavy atom. The Hall–Kier alpha value is -2.46. The first kappa shape index (κ1) is 18.3. The lowest BCUT2D eigenvalue weighted by atomic mass is 10.0. The van der Waals surface area contributed by atoms with Gasteiger partial charge in [-0.15, -0.1) is 0 Å². The Bertz CT molecular complexity index is 778. The van der Waals surface area contributed by atoms with Crippen molar-refractivity contribution in [2.45, 2.75) is 20.3 Å². The molecule has 4 nitrogen and oxygen atoms in total. The third-order valence-electron chi connectivity index (χ3n) is 5.12. The predicted octanol–water partition coefficient (Wildman–Crippen LogP) is 2.87. The molecule has 1 aliphatic heterocycles. The maximum atomic E-state index is 12.5. The number of amides is 1. The monoisotopic (exact) mass is 350 g/mol. The van der Waals surface area contributed by atoms with Gasteiger partial charge in [0.2, 0.25) is 5.91 Å². The van der Waals surface area contributed by atoms with Crippen LogP contribution in [0.25, 0.3) is 0 Å². The van der Waals surface area contributed by atoms with Crippen LogP contribution < -0.4 is 0 Å². The number of aryl methyl sites for hydroxylation is 2. The number of hydrogen-bond acceptors (Lipinski definition) is 3. The highest BCUT2D eigenvalue weighted by molar-refractivity contribution is 5.97. The minimum atomic E-state index is 0.150. The van der Waals surface area contributed by atoms with E-state index in [4.69, 9.17) is 0 Å². The molecule has 0 unspecified atom stereocenters. The van der Waals surface area contributed by atoms with Crippen LogP contribution in [0.4, 0.5) is 0 Å². The fraction of sp³-hybridized carbons (Fsp3) is 0.364. The summed E-state index contributed by atoms with van der Waals surface area (Å²) in [6.45, 7) is 7.37. The number of piperazine rings is 1. The van der Waals surface area contributed by atoms with E-state index in [1.54, 1.807) is 0 Å². The van der Waals surface area contributed by atoms with E-state index in [2.05, 4.69) is 11.8 Å². The third-order valence-corrected chi connectivity index (χ3v) is 5.12. The Labute approximate surface area is 155 Å². The second-order valence-corrected chi connectivity index (χ2v) is 7.04. The van der Waals surface area contributed by atoms with E-state index in [1.807, 2.05) is 60.4 Å². The average Bonchev–Trinajstić information content (AvgIpc) is 2.65. The van der Waals surface area contributed by atoms with Crippen molar-refractivity contribution < 1.29 is 9.59 Å². The molecule has 0 atom stereocenters. The molecule has 1 amide bonds. The zero-order chi connectivity index (χ0) is 18.5. The van der Waals surface area contributed by atoms with E-state index < -0.39 is 0 Å². The summed E-state index contributed by atoms with van der Waals surface area (Å²) in [5.41, 5.74) is 4.17. The molecule has 4 heteroatoms. The Kier molecular flexibility index (Phi) is 5.84. The highest BCUT2D eigenvalue weighted by atomic mass is 16.2. The second kappa shape index (κ2) is 8.28. The summed E-state index contributed by atoms with van der Waals surface area (Å²) in [6, 6.07) is 15.7. The van der Waals surface area contributed by atoms with Crippen LogP contribution in [-0.4, -0.2) is 54.2 Å². The van der Waals surface area contributed by atoms with Gasteiger partial charge < -0.3 is 4.90 Å². The molecule has 0 radical (unpaired) electrons. The number of ketones is 1. The molecule has 0 N–H and O–H groups in total. The van der Waals surface area contributed by atoms with E-state index in [-0.39, 0.29) is 11.7 Å². The average molecular weight is 350 g/mol. The largest absolute Gasteiger partial charge is 0.340 e. The summed E-state index contributed by atoms with van der Waals surface area (Å²) >= 11 is 0. The standard InChI is InChI=1S/C22H26N2O2/c1-17-8-9-20(14-18(17)2)21(25)16-23-10-12-24(13-11-23)22(26)15-19-6-4-3-5-7-19/h3-9,14H,10-13,15-16H2,1-2H3. The van der Waals surface area contributed by atoms with Crippen molar-refractivity contribution in [3.05, 3.63) is 70.8 Å². The molecular weight excluding hydrogens is 324 g/mol. The number of Topliss-reactive ketones (excluding diaryl/α,β-unsaturated/α-hetero) is 1. The fourth-order valence-corrected chi connectivity index (χ4v) is 3.25. The lowest BCUT2D eigenvalue weighted by molar-refractivity contribution is -0.132. The van der Waals surface area contributed by atoms with Gasteiger partial charge in [-0.3, -0.25) is 14.5 Å². The molecule has 2 aromatic carbocycles. The van der Waals surface area contributed by atoms with Gasteiger partial charge in [-0.05, 0) is 36.6 Å². The number of rotatable bonds is 5. The fourth-order valence-electron chi connectivity index (χ4n) is 3.25. The van der Waals surface area contributed by atoms with Crippen LogP contribution in [0.5, 0.6) is 0 Å². The summed E-state index contributed by atoms with van der Waals surface area (Å²) in [5, 5.41) is 0. The van der Waals surface area contributed by atoms with E-state index in [9.17, 15) is 9.59 Å². The summed E-state index contributed by atoms with van der Waals surface area (Å²) in [7, 11) is 0. The quantitative estimate of drug-likeness (QED) is 0.779. The predicted molar refractivity (Wildman–Crippen MR) is 103 cm³/mol. The van der Waals surface area contributed by atoms with E-state index in [0.29, 0.717) is 26.1 Å². The van der Waals surface area contributed by atoms with Crippen molar-refractivity contribution in [2.75, 3.05) is 32.7 Å². The van der Waals surface area contributed by atoms with Crippen molar-refractivity contribution in [3.8, 4) is 0 Å². The molecule has 136 valence electrons. The Morgan fingerprint density at radius 3 is 2.23 bits per heavy atom. The van der Waals surface area contributed by atoms with Crippen molar-refractivity contribution >= 4 is 11.7 Å². The maximum Gasteiger partial charge on any atom is 0.227 e. The van der Waals surface area contributed by atoms with Gasteiger partial charge in [0, 0.05) is 31.7 Å². The molecule has 0 spiro atoms. The van der Waals surface area contributed by atoms with E-state index in [1.165, 1.54) is 5.56 Å². The molecule has 1 aliphatic rings. The SMILES string of the molecule is Cc1ccc(C(=O)CN2CCN(C(=O)Cc3ccccc3)CC2)cc1C. The molecule has 2 aromatic rings. The lowest BCUT2D eigenvalue weighted by Gasteiger charge is -2.34. The number of carbonyl (C=O) groups excluding carboxylic acids is 2. The van der Waals surface area contributed by atoms with Gasteiger partial charge in [0.15, 0.2) is 5.78 Å². The van der Waals surface area contributed by atoms with Crippen molar-refractivity contribution in [1.82, 2.24) is 9.80 Å². The first-order valence-electron chi connectivity index (χ1n) is 9.17. The third kappa shape index (κ3) is 4.58. The van der Waals surface area contributed by atoms with Gasteiger partial charge in [0.05, 0.1) is 13.0 Å². The number of nitrogens with zero attached hydrogens (tertiary/aromatic N) is 2. The summed E-state index contributed by atoms with van der Waals surface area (Å²) in [6.07, 6.45) is 0.447. The van der Waals surface area contributed by atoms with Crippen LogP contribution in [0.15, 0.2) is 48.5 Å². The van der Waals surface area contributed by atoms with Crippen LogP contribution in [0.3, 0.4) is 0 Å². The summed E-state index contributed by atoms with van der Waals surface area (Å²) in [5.74, 6) is 0.313. The van der Waals surface area contributed by atoms with Crippen LogP contribution in [0, 0.1) is 13.8 Å². The number of hydrogen-bond donors (Lipinski definition) is 0. The van der Waals surface area contributed by atoms with E-state index in [0.717, 1.165) is 29.8 Å². The van der Waals surface area contributed by atoms with Crippen LogP contribution >= 0.6 is 0 Å². The van der Waals surface area contributed by atoms with Crippen LogP contribution in [0.1, 0.15) is 27.0 Å². The summed E-state index contributed by atoms with van der Waals surface area (Å²) in [4.78, 5) is 29.0. The highest BCUT2D eigenvalue weighted by Crippen LogP contribution is 2.12. The molecule has 1 heterocycles. The van der Waals surface area contributed by atoms with E-state index >= 15 is 0 Å². The van der Waals surface area contributed by atoms with Crippen molar-refractivity contribution in [3.63, 3.8) is 0 Å². The normalized spacial score (nSPS) is 15.1. The minimum Gasteiger partial charge on any atom is -0.340 e. The highest BCUT2D eigenvalue weighted by Gasteiger charge is 2.22. The first-order chi connectivity index (χ1) is 12.5. The zero-order valence-electron chi connectivity index (χ0n) is 15.6. The maximum absolute atomic E-state index is 12.5. The molecule has 1 saturated heterocycles. The smallest absolute Gasteiger partial charge is 0.227 e. The molecule has 26 heavy (non-hydrogen) atoms. The second-order valence-electron chi connectivity index (χ2n) is 7.04. The van der Waals surface area contributed by atoms with Crippen molar-refractivity contribution in [1.29, 1.82) is 0 Å². The number of carbonyl (C=O) groups is 2. The lowest BCUT2D eigenvalue weighted by Crippen LogP contribution is -2.50. The number of benzene rings is 2. The zero-order valence-corrected chi connectivity index (χ0v) is 15.6. The van der Waals surface area contributed by atoms with Crippen LogP contribution in [-0.2, 0) is 11.2 Å². The van der Waals surface area contributed by atoms with Gasteiger partial charge >= 0.3 is 0 Å². The Morgan fingerprint density at radius 2 is 1.58 bits per heavy atom. The van der Waals surface area contributed by atoms with Crippen molar-refractivity contribution in [2.24, 2.45) is 0 Å². The molecule has 0 aliphatic carbocycles. The minimum absolute atomic E-state index is 0.150. The van der Waals surface area contributed by atoms with Gasteiger partial charge in [-0.25, -0.2) is 0 Å². The molecule has 1 fully saturated rings. The van der Waals surface area contributed by atoms with Crippen LogP contribution in [0.2, 0.25) is 0 Å². The van der Waals surface area contributed by atoms with Gasteiger partial charge in [-0.2, -0.15) is 0 Å². The van der Waals surface area contributed by atoms with Gasteiger partial charge in [-0.1, -0.05) is 42.5 Å². The summed E-state index contributed by atoms with van der Waals surface area (Å²) < 4.78 is 0. The Balaban J connectivity index is 1.49. The first-order valence-corrected chi connectivity index (χ1v) is 9.17. The van der Waals surface area contributed by atoms with Gasteiger partial charge in [0.1, 0.15) is 0 Å². The topological polar surface area (TPSA) is 40.6 Å². The molecule has 0 aromatic heterocycles. The molecule has 0 saturated carbocycles. The molecule has 3 rings (SSSR count). The molecule has 0 bridgehead atoms. The molecular formula is C22H26N2O2. The van der Waals surface area contributed by atoms with Gasteiger partial charge in [0.25, 0.3) is 0 Å².